The minimum atomic E-state index is -0.891. The van der Waals surface area contributed by atoms with E-state index in [1.165, 1.54) is 31.6 Å². The quantitative estimate of drug-likeness (QED) is 0.335. The van der Waals surface area contributed by atoms with Crippen LogP contribution in [0.2, 0.25) is 0 Å². The predicted octanol–water partition coefficient (Wildman–Crippen LogP) is 1.04. The third-order valence-corrected chi connectivity index (χ3v) is 2.97. The van der Waals surface area contributed by atoms with Crippen LogP contribution in [0.15, 0.2) is 35.4 Å². The fraction of sp³-hybridized carbons (Fsp3) is 0.385. The second kappa shape index (κ2) is 8.45. The molecule has 0 saturated heterocycles. The van der Waals surface area contributed by atoms with Gasteiger partial charge in [0.2, 0.25) is 6.04 Å². The summed E-state index contributed by atoms with van der Waals surface area (Å²) in [5.74, 6) is -0.483. The first-order valence-corrected chi connectivity index (χ1v) is 6.58. The number of nitrogens with one attached hydrogen (secondary N) is 1. The summed E-state index contributed by atoms with van der Waals surface area (Å²) in [4.78, 5) is 29.7. The molecular weight excluding hydrogens is 290 g/mol. The molecule has 9 heteroatoms. The molecule has 1 amide bonds. The number of hydrogen-bond acceptors (Lipinski definition) is 7. The number of nitrogens with zero attached hydrogens (tertiary/aromatic N) is 4. The summed E-state index contributed by atoms with van der Waals surface area (Å²) in [5, 5.41) is 25.3. The molecule has 1 aromatic rings. The summed E-state index contributed by atoms with van der Waals surface area (Å²) in [5.41, 5.74) is 0.729. The van der Waals surface area contributed by atoms with E-state index in [0.29, 0.717) is 12.0 Å². The Hall–Kier alpha value is -2.84. The number of hydrogen-bond donors (Lipinski definition) is 2. The Morgan fingerprint density at radius 1 is 1.59 bits per heavy atom. The van der Waals surface area contributed by atoms with Crippen molar-refractivity contribution in [2.75, 3.05) is 6.54 Å². The molecular formula is C13H17N5O4. The van der Waals surface area contributed by atoms with Crippen molar-refractivity contribution in [1.82, 2.24) is 15.3 Å². The van der Waals surface area contributed by atoms with Crippen LogP contribution in [-0.2, 0) is 0 Å². The Morgan fingerprint density at radius 2 is 2.32 bits per heavy atom. The molecule has 9 nitrogen and oxygen atoms in total. The van der Waals surface area contributed by atoms with E-state index in [4.69, 9.17) is 5.21 Å². The van der Waals surface area contributed by atoms with Gasteiger partial charge in [-0.25, -0.2) is 4.98 Å². The molecule has 0 fully saturated rings. The van der Waals surface area contributed by atoms with Crippen molar-refractivity contribution >= 4 is 11.6 Å². The minimum Gasteiger partial charge on any atom is -0.411 e. The lowest BCUT2D eigenvalue weighted by atomic mass is 10.0. The van der Waals surface area contributed by atoms with E-state index < -0.39 is 16.9 Å². The van der Waals surface area contributed by atoms with Crippen molar-refractivity contribution in [2.45, 2.75) is 26.3 Å². The maximum absolute atomic E-state index is 11.8. The van der Waals surface area contributed by atoms with Gasteiger partial charge in [0.15, 0.2) is 0 Å². The Kier molecular flexibility index (Phi) is 6.61. The minimum absolute atomic E-state index is 0.0835. The summed E-state index contributed by atoms with van der Waals surface area (Å²) in [7, 11) is 0. The van der Waals surface area contributed by atoms with Crippen molar-refractivity contribution < 1.29 is 14.9 Å². The molecule has 1 atom stereocenters. The van der Waals surface area contributed by atoms with Gasteiger partial charge in [-0.15, -0.1) is 0 Å². The van der Waals surface area contributed by atoms with E-state index in [-0.39, 0.29) is 18.0 Å². The Morgan fingerprint density at radius 3 is 2.82 bits per heavy atom. The highest BCUT2D eigenvalue weighted by atomic mass is 16.6. The highest BCUT2D eigenvalue weighted by Crippen LogP contribution is 2.10. The zero-order valence-corrected chi connectivity index (χ0v) is 12.3. The molecule has 1 heterocycles. The van der Waals surface area contributed by atoms with E-state index >= 15 is 0 Å². The highest BCUT2D eigenvalue weighted by Gasteiger charge is 2.18. The standard InChI is InChI=1S/C13H17N5O4/c1-3-10(9(2)18(21)22)6-11(17-20)7-16-13(19)12-8-14-4-5-15-12/h4-6,8-9,20H,3,7H2,1-2H3,(H,16,19). The van der Waals surface area contributed by atoms with Gasteiger partial charge in [-0.1, -0.05) is 12.1 Å². The molecule has 1 rings (SSSR count). The number of oxime groups is 1. The molecule has 0 aromatic carbocycles. The number of rotatable bonds is 7. The lowest BCUT2D eigenvalue weighted by molar-refractivity contribution is -0.507. The van der Waals surface area contributed by atoms with Crippen LogP contribution in [0.3, 0.4) is 0 Å². The Labute approximate surface area is 126 Å². The SMILES string of the molecule is CCC(=CC(CNC(=O)c1cnccn1)=NO)C(C)[N+](=O)[O-]. The Bertz CT molecular complexity index is 585. The fourth-order valence-electron chi connectivity index (χ4n) is 1.66. The summed E-state index contributed by atoms with van der Waals surface area (Å²) >= 11 is 0. The highest BCUT2D eigenvalue weighted by molar-refractivity contribution is 6.01. The molecule has 0 aliphatic rings. The fourth-order valence-corrected chi connectivity index (χ4v) is 1.66. The zero-order valence-electron chi connectivity index (χ0n) is 12.3. The Balaban J connectivity index is 2.73. The third kappa shape index (κ3) is 4.93. The maximum Gasteiger partial charge on any atom is 0.271 e. The van der Waals surface area contributed by atoms with Crippen molar-refractivity contribution in [3.8, 4) is 0 Å². The smallest absolute Gasteiger partial charge is 0.271 e. The first-order valence-electron chi connectivity index (χ1n) is 6.58. The van der Waals surface area contributed by atoms with Crippen molar-refractivity contribution in [3.63, 3.8) is 0 Å². The zero-order chi connectivity index (χ0) is 16.5. The van der Waals surface area contributed by atoms with Gasteiger partial charge in [0.1, 0.15) is 5.69 Å². The second-order valence-electron chi connectivity index (χ2n) is 4.40. The molecule has 1 unspecified atom stereocenters. The number of carbonyl (C=O) groups is 1. The topological polar surface area (TPSA) is 131 Å². The van der Waals surface area contributed by atoms with Gasteiger partial charge in [0, 0.05) is 29.8 Å². The molecule has 118 valence electrons. The van der Waals surface area contributed by atoms with Crippen LogP contribution in [0.5, 0.6) is 0 Å². The van der Waals surface area contributed by atoms with E-state index in [0.717, 1.165) is 0 Å². The van der Waals surface area contributed by atoms with Gasteiger partial charge in [-0.05, 0) is 12.5 Å². The number of carbonyl (C=O) groups excluding carboxylic acids is 1. The lowest BCUT2D eigenvalue weighted by Gasteiger charge is -2.08. The van der Waals surface area contributed by atoms with Crippen LogP contribution >= 0.6 is 0 Å². The molecule has 22 heavy (non-hydrogen) atoms. The van der Waals surface area contributed by atoms with Crippen LogP contribution in [0.25, 0.3) is 0 Å². The van der Waals surface area contributed by atoms with Crippen molar-refractivity contribution in [1.29, 1.82) is 0 Å². The van der Waals surface area contributed by atoms with E-state index in [1.807, 2.05) is 0 Å². The normalized spacial score (nSPS) is 13.5. The van der Waals surface area contributed by atoms with E-state index in [9.17, 15) is 14.9 Å². The monoisotopic (exact) mass is 307 g/mol. The van der Waals surface area contributed by atoms with Gasteiger partial charge in [0.05, 0.1) is 18.5 Å². The lowest BCUT2D eigenvalue weighted by Crippen LogP contribution is -2.30. The van der Waals surface area contributed by atoms with Gasteiger partial charge in [-0.2, -0.15) is 0 Å². The number of aromatic nitrogens is 2. The number of nitro groups is 1. The molecule has 0 saturated carbocycles. The first kappa shape index (κ1) is 17.2. The van der Waals surface area contributed by atoms with Crippen LogP contribution in [0.1, 0.15) is 30.8 Å². The molecule has 0 bridgehead atoms. The van der Waals surface area contributed by atoms with E-state index in [1.54, 1.807) is 6.92 Å². The molecule has 0 aliphatic heterocycles. The van der Waals surface area contributed by atoms with Crippen LogP contribution in [0.4, 0.5) is 0 Å². The van der Waals surface area contributed by atoms with Crippen molar-refractivity contribution in [2.24, 2.45) is 5.16 Å². The first-order chi connectivity index (χ1) is 10.5. The van der Waals surface area contributed by atoms with Crippen LogP contribution in [0, 0.1) is 10.1 Å². The summed E-state index contributed by atoms with van der Waals surface area (Å²) in [6, 6.07) is -0.891. The predicted molar refractivity (Wildman–Crippen MR) is 78.4 cm³/mol. The van der Waals surface area contributed by atoms with E-state index in [2.05, 4.69) is 20.4 Å². The summed E-state index contributed by atoms with van der Waals surface area (Å²) in [6.45, 7) is 3.13. The molecule has 0 aliphatic carbocycles. The molecule has 0 spiro atoms. The summed E-state index contributed by atoms with van der Waals surface area (Å²) in [6.07, 6.45) is 5.95. The average molecular weight is 307 g/mol. The average Bonchev–Trinajstić information content (AvgIpc) is 2.55. The molecule has 0 radical (unpaired) electrons. The van der Waals surface area contributed by atoms with Crippen LogP contribution < -0.4 is 5.32 Å². The van der Waals surface area contributed by atoms with Gasteiger partial charge >= 0.3 is 0 Å². The maximum atomic E-state index is 11.8. The number of amides is 1. The van der Waals surface area contributed by atoms with Crippen LogP contribution in [-0.4, -0.2) is 44.3 Å². The summed E-state index contributed by atoms with van der Waals surface area (Å²) < 4.78 is 0. The molecule has 1 aromatic heterocycles. The second-order valence-corrected chi connectivity index (χ2v) is 4.40. The van der Waals surface area contributed by atoms with Crippen molar-refractivity contribution in [3.05, 3.63) is 46.0 Å². The van der Waals surface area contributed by atoms with Gasteiger partial charge in [0.25, 0.3) is 5.91 Å². The van der Waals surface area contributed by atoms with Gasteiger partial charge in [-0.3, -0.25) is 19.9 Å². The largest absolute Gasteiger partial charge is 0.411 e. The molecule has 2 N–H and O–H groups in total. The van der Waals surface area contributed by atoms with Gasteiger partial charge < -0.3 is 10.5 Å². The third-order valence-electron chi connectivity index (χ3n) is 2.97.